The zero-order chi connectivity index (χ0) is 16.3. The summed E-state index contributed by atoms with van der Waals surface area (Å²) in [7, 11) is -2.90. The van der Waals surface area contributed by atoms with Gasteiger partial charge in [-0.15, -0.1) is 0 Å². The van der Waals surface area contributed by atoms with Crippen LogP contribution < -0.4 is 0 Å². The summed E-state index contributed by atoms with van der Waals surface area (Å²) < 4.78 is 61.9. The number of rotatable bonds is 3. The summed E-state index contributed by atoms with van der Waals surface area (Å²) >= 11 is 0. The molecule has 2 rings (SSSR count). The molecule has 0 N–H and O–H groups in total. The van der Waals surface area contributed by atoms with Crippen molar-refractivity contribution < 1.29 is 21.6 Å². The van der Waals surface area contributed by atoms with Gasteiger partial charge in [-0.2, -0.15) is 21.6 Å². The minimum Gasteiger partial charge on any atom is -0.299 e. The molecule has 1 aliphatic heterocycles. The van der Waals surface area contributed by atoms with Crippen molar-refractivity contribution in [2.45, 2.75) is 25.9 Å². The van der Waals surface area contributed by atoms with E-state index < -0.39 is 32.8 Å². The quantitative estimate of drug-likeness (QED) is 0.589. The Morgan fingerprint density at radius 3 is 2.59 bits per heavy atom. The zero-order valence-corrected chi connectivity index (χ0v) is 13.0. The van der Waals surface area contributed by atoms with Crippen LogP contribution in [0.1, 0.15) is 19.8 Å². The van der Waals surface area contributed by atoms with E-state index in [9.17, 15) is 21.6 Å². The van der Waals surface area contributed by atoms with Crippen LogP contribution in [-0.2, 0) is 10.3 Å². The maximum absolute atomic E-state index is 13.0. The maximum Gasteiger partial charge on any atom is 0.417 e. The van der Waals surface area contributed by atoms with E-state index >= 15 is 0 Å². The molecule has 1 heterocycles. The smallest absolute Gasteiger partial charge is 0.299 e. The molecule has 1 unspecified atom stereocenters. The van der Waals surface area contributed by atoms with Crippen LogP contribution in [0.25, 0.3) is 0 Å². The third-order valence-corrected chi connectivity index (χ3v) is 4.70. The van der Waals surface area contributed by atoms with Crippen LogP contribution in [0, 0.1) is 5.92 Å². The number of halogens is 3. The Labute approximate surface area is 129 Å². The molecule has 0 spiro atoms. The molecule has 0 aromatic rings. The molecule has 0 amide bonds. The Morgan fingerprint density at radius 2 is 2.09 bits per heavy atom. The van der Waals surface area contributed by atoms with Crippen molar-refractivity contribution in [2.24, 2.45) is 5.92 Å². The van der Waals surface area contributed by atoms with Gasteiger partial charge in [-0.05, 0) is 25.5 Å². The SMILES string of the molecule is CCCN1CC=C(C2C=CC=C(C(F)(F)F)C2=S(=O)=O)CC1. The van der Waals surface area contributed by atoms with Crippen molar-refractivity contribution >= 4 is 15.2 Å². The molecule has 0 radical (unpaired) electrons. The highest BCUT2D eigenvalue weighted by molar-refractivity contribution is 7.73. The molecule has 2 aliphatic rings. The van der Waals surface area contributed by atoms with E-state index in [1.165, 1.54) is 12.2 Å². The van der Waals surface area contributed by atoms with E-state index in [-0.39, 0.29) is 0 Å². The average molecular weight is 333 g/mol. The second-order valence-corrected chi connectivity index (χ2v) is 6.28. The van der Waals surface area contributed by atoms with Gasteiger partial charge in [-0.1, -0.05) is 30.7 Å². The molecule has 1 atom stereocenters. The van der Waals surface area contributed by atoms with Crippen LogP contribution >= 0.6 is 0 Å². The van der Waals surface area contributed by atoms with Gasteiger partial charge in [0.15, 0.2) is 0 Å². The molecular weight excluding hydrogens is 315 g/mol. The van der Waals surface area contributed by atoms with Crippen molar-refractivity contribution in [3.63, 3.8) is 0 Å². The first-order valence-corrected chi connectivity index (χ1v) is 8.25. The molecule has 0 fully saturated rings. The van der Waals surface area contributed by atoms with Crippen LogP contribution in [0.5, 0.6) is 0 Å². The lowest BCUT2D eigenvalue weighted by molar-refractivity contribution is -0.0861. The summed E-state index contributed by atoms with van der Waals surface area (Å²) in [5.74, 6) is -0.802. The van der Waals surface area contributed by atoms with Gasteiger partial charge < -0.3 is 0 Å². The number of alkyl halides is 3. The van der Waals surface area contributed by atoms with E-state index in [2.05, 4.69) is 11.8 Å². The number of allylic oxidation sites excluding steroid dienone is 4. The summed E-state index contributed by atoms with van der Waals surface area (Å²) in [6.07, 6.45) is 2.44. The van der Waals surface area contributed by atoms with Crippen molar-refractivity contribution in [2.75, 3.05) is 19.6 Å². The maximum atomic E-state index is 13.0. The van der Waals surface area contributed by atoms with E-state index in [0.717, 1.165) is 31.2 Å². The molecule has 0 bridgehead atoms. The predicted octanol–water partition coefficient (Wildman–Crippen LogP) is 2.75. The molecule has 1 aliphatic carbocycles. The predicted molar refractivity (Wildman–Crippen MR) is 80.1 cm³/mol. The van der Waals surface area contributed by atoms with Gasteiger partial charge in [-0.3, -0.25) is 4.90 Å². The highest BCUT2D eigenvalue weighted by Crippen LogP contribution is 2.35. The number of hydrogen-bond acceptors (Lipinski definition) is 3. The third-order valence-electron chi connectivity index (χ3n) is 3.87. The first-order chi connectivity index (χ1) is 10.3. The Kier molecular flexibility index (Phi) is 5.28. The first-order valence-electron chi connectivity index (χ1n) is 7.18. The largest absolute Gasteiger partial charge is 0.417 e. The van der Waals surface area contributed by atoms with Crippen molar-refractivity contribution in [1.82, 2.24) is 4.90 Å². The molecular formula is C15H18F3NO2S. The van der Waals surface area contributed by atoms with Crippen LogP contribution in [0.3, 0.4) is 0 Å². The fraction of sp³-hybridized carbons (Fsp3) is 0.533. The van der Waals surface area contributed by atoms with Gasteiger partial charge in [-0.25, -0.2) is 0 Å². The van der Waals surface area contributed by atoms with Crippen LogP contribution in [0.2, 0.25) is 0 Å². The van der Waals surface area contributed by atoms with Gasteiger partial charge in [0, 0.05) is 19.0 Å². The van der Waals surface area contributed by atoms with Crippen molar-refractivity contribution in [3.8, 4) is 0 Å². The van der Waals surface area contributed by atoms with E-state index in [1.807, 2.05) is 6.08 Å². The Hall–Kier alpha value is -1.34. The second kappa shape index (κ2) is 6.83. The lowest BCUT2D eigenvalue weighted by Crippen LogP contribution is -2.34. The summed E-state index contributed by atoms with van der Waals surface area (Å²) in [6.45, 7) is 4.39. The Balaban J connectivity index is 2.32. The summed E-state index contributed by atoms with van der Waals surface area (Å²) in [5, 5.41) is 0. The van der Waals surface area contributed by atoms with Crippen LogP contribution in [0.15, 0.2) is 35.5 Å². The van der Waals surface area contributed by atoms with E-state index in [1.54, 1.807) is 0 Å². The molecule has 0 saturated heterocycles. The van der Waals surface area contributed by atoms with Crippen molar-refractivity contribution in [1.29, 1.82) is 0 Å². The summed E-state index contributed by atoms with van der Waals surface area (Å²) in [6, 6.07) is 0. The molecule has 22 heavy (non-hydrogen) atoms. The summed E-state index contributed by atoms with van der Waals surface area (Å²) in [4.78, 5) is 1.63. The van der Waals surface area contributed by atoms with Crippen LogP contribution in [-0.4, -0.2) is 44.0 Å². The van der Waals surface area contributed by atoms with Gasteiger partial charge in [0.2, 0.25) is 10.3 Å². The van der Waals surface area contributed by atoms with E-state index in [4.69, 9.17) is 0 Å². The lowest BCUT2D eigenvalue weighted by Gasteiger charge is -2.30. The lowest BCUT2D eigenvalue weighted by atomic mass is 9.84. The highest BCUT2D eigenvalue weighted by Gasteiger charge is 2.41. The highest BCUT2D eigenvalue weighted by atomic mass is 32.2. The molecule has 0 aromatic carbocycles. The third kappa shape index (κ3) is 3.70. The zero-order valence-electron chi connectivity index (χ0n) is 12.2. The first kappa shape index (κ1) is 17.0. The van der Waals surface area contributed by atoms with Gasteiger partial charge >= 0.3 is 6.18 Å². The fourth-order valence-electron chi connectivity index (χ4n) is 2.85. The van der Waals surface area contributed by atoms with Gasteiger partial charge in [0.25, 0.3) is 0 Å². The second-order valence-electron chi connectivity index (χ2n) is 5.37. The van der Waals surface area contributed by atoms with E-state index in [0.29, 0.717) is 13.0 Å². The average Bonchev–Trinajstić information content (AvgIpc) is 2.46. The molecule has 0 aromatic heterocycles. The van der Waals surface area contributed by atoms with Crippen LogP contribution in [0.4, 0.5) is 13.2 Å². The normalized spacial score (nSPS) is 23.3. The minimum atomic E-state index is -4.66. The Bertz CT molecular complexity index is 649. The summed E-state index contributed by atoms with van der Waals surface area (Å²) in [5.41, 5.74) is -0.317. The monoisotopic (exact) mass is 333 g/mol. The molecule has 3 nitrogen and oxygen atoms in total. The topological polar surface area (TPSA) is 37.4 Å². The molecule has 122 valence electrons. The number of hydrogen-bond donors (Lipinski definition) is 0. The molecule has 0 saturated carbocycles. The van der Waals surface area contributed by atoms with Gasteiger partial charge in [0.05, 0.1) is 10.4 Å². The minimum absolute atomic E-state index is 0.565. The Morgan fingerprint density at radius 1 is 1.36 bits per heavy atom. The molecule has 7 heteroatoms. The standard InChI is InChI=1S/C15H18F3NO2S/c1-2-8-19-9-6-11(7-10-19)12-4-3-5-13(15(16,17)18)14(12)22(20)21/h3-6,12H,2,7-10H2,1H3. The number of nitrogens with zero attached hydrogens (tertiary/aromatic N) is 1. The van der Waals surface area contributed by atoms with Gasteiger partial charge in [0.1, 0.15) is 0 Å². The van der Waals surface area contributed by atoms with Crippen molar-refractivity contribution in [3.05, 3.63) is 35.5 Å². The fourth-order valence-corrected chi connectivity index (χ4v) is 3.65.